The zero-order chi connectivity index (χ0) is 21.8. The number of nitrogens with zero attached hydrogens (tertiary/aromatic N) is 6. The smallest absolute Gasteiger partial charge is 0.215 e. The van der Waals surface area contributed by atoms with Gasteiger partial charge in [-0.05, 0) is 71.7 Å². The van der Waals surface area contributed by atoms with Crippen LogP contribution in [0.5, 0.6) is 0 Å². The Morgan fingerprint density at radius 2 is 2.06 bits per heavy atom. The second-order valence-corrected chi connectivity index (χ2v) is 9.29. The van der Waals surface area contributed by atoms with Gasteiger partial charge in [0.1, 0.15) is 11.3 Å². The summed E-state index contributed by atoms with van der Waals surface area (Å²) in [5.41, 5.74) is 9.39. The van der Waals surface area contributed by atoms with E-state index in [1.54, 1.807) is 11.3 Å². The molecule has 1 N–H and O–H groups in total. The second kappa shape index (κ2) is 7.34. The molecule has 8 heteroatoms. The van der Waals surface area contributed by atoms with Crippen LogP contribution in [-0.4, -0.2) is 35.2 Å². The summed E-state index contributed by atoms with van der Waals surface area (Å²) in [6.45, 7) is 6.37. The number of rotatable bonds is 4. The quantitative estimate of drug-likeness (QED) is 0.422. The molecule has 0 saturated carbocycles. The van der Waals surface area contributed by atoms with Gasteiger partial charge < -0.3 is 4.57 Å². The largest absolute Gasteiger partial charge is 0.305 e. The summed E-state index contributed by atoms with van der Waals surface area (Å²) < 4.78 is 2.39. The first-order valence-corrected chi connectivity index (χ1v) is 11.8. The zero-order valence-electron chi connectivity index (χ0n) is 18.3. The first-order valence-electron chi connectivity index (χ1n) is 10.9. The maximum absolute atomic E-state index is 4.97. The van der Waals surface area contributed by atoms with E-state index in [0.717, 1.165) is 52.4 Å². The molecule has 6 rings (SSSR count). The van der Waals surface area contributed by atoms with Crippen molar-refractivity contribution in [2.24, 2.45) is 0 Å². The summed E-state index contributed by atoms with van der Waals surface area (Å²) in [5, 5.41) is 16.7. The molecule has 4 heterocycles. The monoisotopic (exact) mass is 441 g/mol. The molecular weight excluding hydrogens is 418 g/mol. The highest BCUT2D eigenvalue weighted by Crippen LogP contribution is 2.41. The van der Waals surface area contributed by atoms with E-state index in [4.69, 9.17) is 9.97 Å². The van der Waals surface area contributed by atoms with Crippen LogP contribution in [0, 0.1) is 13.8 Å². The van der Waals surface area contributed by atoms with Crippen LogP contribution in [0.1, 0.15) is 47.6 Å². The van der Waals surface area contributed by atoms with Gasteiger partial charge >= 0.3 is 0 Å². The molecule has 0 bridgehead atoms. The standard InChI is InChI=1S/C24H23N7S/c1-4-20-26-21-13(2)11-14(3)25-24(21)31(20)19-8-6-15-12-16(5-7-17(15)19)18-9-10-32-22(18)23-27-29-30-28-23/h5,7,9-12,19H,4,6,8H2,1-3H3,(H,27,28,29,30). The number of hydrogen-bond donors (Lipinski definition) is 1. The van der Waals surface area contributed by atoms with Crippen molar-refractivity contribution in [1.29, 1.82) is 0 Å². The zero-order valence-corrected chi connectivity index (χ0v) is 19.1. The lowest BCUT2D eigenvalue weighted by Crippen LogP contribution is -2.11. The van der Waals surface area contributed by atoms with Crippen LogP contribution >= 0.6 is 11.3 Å². The maximum atomic E-state index is 4.97. The fraction of sp³-hybridized carbons (Fsp3) is 0.292. The van der Waals surface area contributed by atoms with Crippen LogP contribution in [0.15, 0.2) is 35.7 Å². The van der Waals surface area contributed by atoms with Gasteiger partial charge in [0.2, 0.25) is 5.82 Å². The van der Waals surface area contributed by atoms with Crippen molar-refractivity contribution in [3.63, 3.8) is 0 Å². The third kappa shape index (κ3) is 2.90. The number of imidazole rings is 1. The van der Waals surface area contributed by atoms with Crippen molar-refractivity contribution in [2.75, 3.05) is 0 Å². The summed E-state index contributed by atoms with van der Waals surface area (Å²) in [5.74, 6) is 1.75. The summed E-state index contributed by atoms with van der Waals surface area (Å²) in [6, 6.07) is 11.4. The molecule has 0 aliphatic heterocycles. The van der Waals surface area contributed by atoms with E-state index < -0.39 is 0 Å². The number of tetrazole rings is 1. The predicted octanol–water partition coefficient (Wildman–Crippen LogP) is 5.05. The second-order valence-electron chi connectivity index (χ2n) is 8.37. The lowest BCUT2D eigenvalue weighted by atomic mass is 10.00. The lowest BCUT2D eigenvalue weighted by molar-refractivity contribution is 0.566. The molecule has 4 aromatic heterocycles. The van der Waals surface area contributed by atoms with E-state index in [0.29, 0.717) is 5.82 Å². The summed E-state index contributed by atoms with van der Waals surface area (Å²) in [6.07, 6.45) is 3.00. The minimum absolute atomic E-state index is 0.270. The van der Waals surface area contributed by atoms with Crippen LogP contribution in [0.3, 0.4) is 0 Å². The van der Waals surface area contributed by atoms with Crippen molar-refractivity contribution in [3.8, 4) is 21.8 Å². The van der Waals surface area contributed by atoms with Gasteiger partial charge in [-0.2, -0.15) is 5.21 Å². The molecule has 0 radical (unpaired) electrons. The Morgan fingerprint density at radius 1 is 1.16 bits per heavy atom. The Hall–Kier alpha value is -3.39. The predicted molar refractivity (Wildman–Crippen MR) is 126 cm³/mol. The van der Waals surface area contributed by atoms with Crippen LogP contribution in [0.2, 0.25) is 0 Å². The van der Waals surface area contributed by atoms with Crippen molar-refractivity contribution < 1.29 is 0 Å². The van der Waals surface area contributed by atoms with Gasteiger partial charge in [-0.25, -0.2) is 9.97 Å². The normalized spacial score (nSPS) is 15.5. The first-order chi connectivity index (χ1) is 15.6. The number of hydrogen-bond acceptors (Lipinski definition) is 6. The molecule has 0 spiro atoms. The summed E-state index contributed by atoms with van der Waals surface area (Å²) in [7, 11) is 0. The van der Waals surface area contributed by atoms with E-state index in [9.17, 15) is 0 Å². The number of nitrogens with one attached hydrogen (secondary N) is 1. The van der Waals surface area contributed by atoms with Gasteiger partial charge in [-0.3, -0.25) is 0 Å². The van der Waals surface area contributed by atoms with E-state index >= 15 is 0 Å². The van der Waals surface area contributed by atoms with Crippen LogP contribution < -0.4 is 0 Å². The Kier molecular flexibility index (Phi) is 4.43. The van der Waals surface area contributed by atoms with Gasteiger partial charge in [0.25, 0.3) is 0 Å². The number of aromatic amines is 1. The van der Waals surface area contributed by atoms with Crippen LogP contribution in [0.25, 0.3) is 33.0 Å². The molecule has 1 unspecified atom stereocenters. The topological polar surface area (TPSA) is 85.2 Å². The van der Waals surface area contributed by atoms with Crippen molar-refractivity contribution in [3.05, 3.63) is 63.9 Å². The van der Waals surface area contributed by atoms with Gasteiger partial charge in [0, 0.05) is 17.7 Å². The van der Waals surface area contributed by atoms with Crippen molar-refractivity contribution >= 4 is 22.5 Å². The number of H-pyrrole nitrogens is 1. The lowest BCUT2D eigenvalue weighted by Gasteiger charge is -2.18. The van der Waals surface area contributed by atoms with Crippen molar-refractivity contribution in [1.82, 2.24) is 35.2 Å². The van der Waals surface area contributed by atoms with Gasteiger partial charge in [-0.1, -0.05) is 25.1 Å². The number of benzene rings is 1. The SMILES string of the molecule is CCc1nc2c(C)cc(C)nc2n1C1CCc2cc(-c3ccsc3-c3nn[nH]n3)ccc21. The average Bonchev–Trinajstić information content (AvgIpc) is 3.57. The minimum atomic E-state index is 0.270. The van der Waals surface area contributed by atoms with E-state index in [-0.39, 0.29) is 6.04 Å². The number of thiophene rings is 1. The van der Waals surface area contributed by atoms with Gasteiger partial charge in [0.05, 0.1) is 10.9 Å². The molecule has 160 valence electrons. The minimum Gasteiger partial charge on any atom is -0.305 e. The highest BCUT2D eigenvalue weighted by Gasteiger charge is 2.29. The van der Waals surface area contributed by atoms with Gasteiger partial charge in [-0.15, -0.1) is 21.5 Å². The molecule has 1 aliphatic carbocycles. The third-order valence-electron chi connectivity index (χ3n) is 6.38. The third-order valence-corrected chi connectivity index (χ3v) is 7.29. The fourth-order valence-electron chi connectivity index (χ4n) is 5.00. The Morgan fingerprint density at radius 3 is 2.88 bits per heavy atom. The van der Waals surface area contributed by atoms with E-state index in [1.165, 1.54) is 22.3 Å². The summed E-state index contributed by atoms with van der Waals surface area (Å²) >= 11 is 1.64. The molecule has 0 saturated heterocycles. The molecule has 0 fully saturated rings. The van der Waals surface area contributed by atoms with Crippen LogP contribution in [-0.2, 0) is 12.8 Å². The Bertz CT molecular complexity index is 1450. The maximum Gasteiger partial charge on any atom is 0.215 e. The number of aryl methyl sites for hydroxylation is 4. The van der Waals surface area contributed by atoms with E-state index in [1.807, 2.05) is 0 Å². The molecule has 1 aromatic carbocycles. The number of pyridine rings is 1. The van der Waals surface area contributed by atoms with Crippen molar-refractivity contribution in [2.45, 2.75) is 46.1 Å². The van der Waals surface area contributed by atoms with E-state index in [2.05, 4.69) is 81.7 Å². The van der Waals surface area contributed by atoms with Crippen LogP contribution in [0.4, 0.5) is 0 Å². The summed E-state index contributed by atoms with van der Waals surface area (Å²) in [4.78, 5) is 10.9. The molecule has 1 aliphatic rings. The number of aromatic nitrogens is 7. The highest BCUT2D eigenvalue weighted by atomic mass is 32.1. The highest BCUT2D eigenvalue weighted by molar-refractivity contribution is 7.14. The Balaban J connectivity index is 1.45. The molecule has 0 amide bonds. The molecule has 5 aromatic rings. The average molecular weight is 442 g/mol. The number of fused-ring (bicyclic) bond motifs is 2. The molecule has 32 heavy (non-hydrogen) atoms. The Labute approximate surface area is 189 Å². The first kappa shape index (κ1) is 19.3. The van der Waals surface area contributed by atoms with Gasteiger partial charge in [0.15, 0.2) is 5.65 Å². The fourth-order valence-corrected chi connectivity index (χ4v) is 5.84. The molecule has 1 atom stereocenters. The molecule has 7 nitrogen and oxygen atoms in total. The molecular formula is C24H23N7S.